The standard InChI is InChI=1S/C12H25NOS/c1-3-8-15-10-12(13-2)9-11-4-6-14-7-5-11/h11-13H,3-10H2,1-2H3. The lowest BCUT2D eigenvalue weighted by molar-refractivity contribution is 0.0616. The van der Waals surface area contributed by atoms with Gasteiger partial charge in [-0.25, -0.2) is 0 Å². The summed E-state index contributed by atoms with van der Waals surface area (Å²) in [5.41, 5.74) is 0. The van der Waals surface area contributed by atoms with Gasteiger partial charge in [0.05, 0.1) is 0 Å². The van der Waals surface area contributed by atoms with E-state index in [1.54, 1.807) is 0 Å². The maximum Gasteiger partial charge on any atom is 0.0468 e. The molecule has 15 heavy (non-hydrogen) atoms. The lowest BCUT2D eigenvalue weighted by Crippen LogP contribution is -2.32. The molecular weight excluding hydrogens is 206 g/mol. The van der Waals surface area contributed by atoms with Gasteiger partial charge in [-0.1, -0.05) is 6.92 Å². The van der Waals surface area contributed by atoms with Crippen molar-refractivity contribution in [2.75, 3.05) is 31.8 Å². The molecule has 3 heteroatoms. The quantitative estimate of drug-likeness (QED) is 0.680. The molecule has 0 saturated carbocycles. The minimum atomic E-state index is 0.699. The predicted molar refractivity (Wildman–Crippen MR) is 68.6 cm³/mol. The van der Waals surface area contributed by atoms with E-state index in [1.165, 1.54) is 37.2 Å². The SMILES string of the molecule is CCCSCC(CC1CCOCC1)NC. The van der Waals surface area contributed by atoms with Crippen LogP contribution in [0.3, 0.4) is 0 Å². The van der Waals surface area contributed by atoms with Gasteiger partial charge in [-0.15, -0.1) is 0 Å². The molecule has 1 saturated heterocycles. The number of hydrogen-bond acceptors (Lipinski definition) is 3. The van der Waals surface area contributed by atoms with Crippen molar-refractivity contribution in [1.29, 1.82) is 0 Å². The largest absolute Gasteiger partial charge is 0.381 e. The molecule has 0 aromatic rings. The summed E-state index contributed by atoms with van der Waals surface area (Å²) in [7, 11) is 2.09. The summed E-state index contributed by atoms with van der Waals surface area (Å²) in [5, 5.41) is 3.45. The van der Waals surface area contributed by atoms with Crippen LogP contribution in [0.15, 0.2) is 0 Å². The maximum atomic E-state index is 5.39. The molecule has 0 radical (unpaired) electrons. The molecule has 0 aliphatic carbocycles. The minimum absolute atomic E-state index is 0.699. The zero-order valence-electron chi connectivity index (χ0n) is 10.1. The first kappa shape index (κ1) is 13.3. The van der Waals surface area contributed by atoms with Crippen LogP contribution in [0, 0.1) is 5.92 Å². The summed E-state index contributed by atoms with van der Waals surface area (Å²) in [6.45, 7) is 4.20. The second-order valence-electron chi connectivity index (χ2n) is 4.35. The van der Waals surface area contributed by atoms with Crippen LogP contribution >= 0.6 is 11.8 Å². The molecule has 1 rings (SSSR count). The minimum Gasteiger partial charge on any atom is -0.381 e. The topological polar surface area (TPSA) is 21.3 Å². The molecular formula is C12H25NOS. The lowest BCUT2D eigenvalue weighted by atomic mass is 9.93. The van der Waals surface area contributed by atoms with E-state index in [2.05, 4.69) is 31.1 Å². The third kappa shape index (κ3) is 5.79. The fourth-order valence-corrected chi connectivity index (χ4v) is 3.07. The zero-order chi connectivity index (χ0) is 10.9. The van der Waals surface area contributed by atoms with E-state index in [0.29, 0.717) is 6.04 Å². The van der Waals surface area contributed by atoms with Crippen LogP contribution in [0.4, 0.5) is 0 Å². The molecule has 1 unspecified atom stereocenters. The van der Waals surface area contributed by atoms with Crippen molar-refractivity contribution >= 4 is 11.8 Å². The van der Waals surface area contributed by atoms with Gasteiger partial charge in [-0.2, -0.15) is 11.8 Å². The van der Waals surface area contributed by atoms with Crippen molar-refractivity contribution < 1.29 is 4.74 Å². The summed E-state index contributed by atoms with van der Waals surface area (Å²) in [6.07, 6.45) is 5.14. The van der Waals surface area contributed by atoms with Crippen molar-refractivity contribution in [3.8, 4) is 0 Å². The summed E-state index contributed by atoms with van der Waals surface area (Å²) in [4.78, 5) is 0. The Labute approximate surface area is 98.5 Å². The van der Waals surface area contributed by atoms with Gasteiger partial charge < -0.3 is 10.1 Å². The molecule has 2 nitrogen and oxygen atoms in total. The van der Waals surface area contributed by atoms with Crippen molar-refractivity contribution in [1.82, 2.24) is 5.32 Å². The first-order valence-electron chi connectivity index (χ1n) is 6.19. The molecule has 1 aliphatic rings. The summed E-state index contributed by atoms with van der Waals surface area (Å²) in [6, 6.07) is 0.699. The van der Waals surface area contributed by atoms with E-state index >= 15 is 0 Å². The zero-order valence-corrected chi connectivity index (χ0v) is 10.9. The number of hydrogen-bond donors (Lipinski definition) is 1. The third-order valence-electron chi connectivity index (χ3n) is 3.03. The maximum absolute atomic E-state index is 5.39. The van der Waals surface area contributed by atoms with Crippen molar-refractivity contribution in [2.24, 2.45) is 5.92 Å². The second-order valence-corrected chi connectivity index (χ2v) is 5.50. The van der Waals surface area contributed by atoms with Gasteiger partial charge in [0, 0.05) is 25.0 Å². The van der Waals surface area contributed by atoms with Gasteiger partial charge in [0.1, 0.15) is 0 Å². The Bertz CT molecular complexity index is 149. The van der Waals surface area contributed by atoms with Gasteiger partial charge in [0.25, 0.3) is 0 Å². The molecule has 1 aliphatic heterocycles. The van der Waals surface area contributed by atoms with Crippen LogP contribution in [0.25, 0.3) is 0 Å². The van der Waals surface area contributed by atoms with E-state index in [9.17, 15) is 0 Å². The molecule has 1 heterocycles. The van der Waals surface area contributed by atoms with E-state index in [-0.39, 0.29) is 0 Å². The Hall–Kier alpha value is 0.270. The normalized spacial score (nSPS) is 20.4. The molecule has 0 amide bonds. The van der Waals surface area contributed by atoms with E-state index < -0.39 is 0 Å². The van der Waals surface area contributed by atoms with E-state index in [0.717, 1.165) is 19.1 Å². The van der Waals surface area contributed by atoms with Crippen molar-refractivity contribution in [3.05, 3.63) is 0 Å². The Kier molecular flexibility index (Phi) is 7.49. The van der Waals surface area contributed by atoms with E-state index in [4.69, 9.17) is 4.74 Å². The molecule has 1 atom stereocenters. The average molecular weight is 231 g/mol. The van der Waals surface area contributed by atoms with Gasteiger partial charge in [0.15, 0.2) is 0 Å². The fourth-order valence-electron chi connectivity index (χ4n) is 2.02. The van der Waals surface area contributed by atoms with Crippen molar-refractivity contribution in [2.45, 2.75) is 38.6 Å². The summed E-state index contributed by atoms with van der Waals surface area (Å²) in [5.74, 6) is 3.45. The smallest absolute Gasteiger partial charge is 0.0468 e. The van der Waals surface area contributed by atoms with E-state index in [1.807, 2.05) is 0 Å². The Morgan fingerprint density at radius 1 is 1.40 bits per heavy atom. The van der Waals surface area contributed by atoms with Gasteiger partial charge >= 0.3 is 0 Å². The average Bonchev–Trinajstić information content (AvgIpc) is 2.29. The van der Waals surface area contributed by atoms with Crippen LogP contribution < -0.4 is 5.32 Å². The second kappa shape index (κ2) is 8.43. The monoisotopic (exact) mass is 231 g/mol. The Balaban J connectivity index is 2.13. The highest BCUT2D eigenvalue weighted by Gasteiger charge is 2.18. The number of nitrogens with one attached hydrogen (secondary N) is 1. The first-order chi connectivity index (χ1) is 7.36. The molecule has 0 spiro atoms. The molecule has 0 aromatic carbocycles. The Morgan fingerprint density at radius 3 is 2.73 bits per heavy atom. The molecule has 1 fully saturated rings. The number of rotatable bonds is 7. The fraction of sp³-hybridized carbons (Fsp3) is 1.00. The summed E-state index contributed by atoms with van der Waals surface area (Å²) < 4.78 is 5.39. The van der Waals surface area contributed by atoms with Gasteiger partial charge in [-0.3, -0.25) is 0 Å². The lowest BCUT2D eigenvalue weighted by Gasteiger charge is -2.26. The highest BCUT2D eigenvalue weighted by molar-refractivity contribution is 7.99. The number of thioether (sulfide) groups is 1. The first-order valence-corrected chi connectivity index (χ1v) is 7.35. The molecule has 0 bridgehead atoms. The molecule has 90 valence electrons. The third-order valence-corrected chi connectivity index (χ3v) is 4.37. The summed E-state index contributed by atoms with van der Waals surface area (Å²) >= 11 is 2.08. The highest BCUT2D eigenvalue weighted by Crippen LogP contribution is 2.21. The van der Waals surface area contributed by atoms with Crippen LogP contribution in [0.2, 0.25) is 0 Å². The number of ether oxygens (including phenoxy) is 1. The van der Waals surface area contributed by atoms with Crippen molar-refractivity contribution in [3.63, 3.8) is 0 Å². The van der Waals surface area contributed by atoms with Crippen LogP contribution in [0.1, 0.15) is 32.6 Å². The van der Waals surface area contributed by atoms with Gasteiger partial charge in [-0.05, 0) is 44.4 Å². The molecule has 0 aromatic heterocycles. The van der Waals surface area contributed by atoms with Crippen LogP contribution in [-0.2, 0) is 4.74 Å². The predicted octanol–water partition coefficient (Wildman–Crippen LogP) is 2.53. The van der Waals surface area contributed by atoms with Crippen LogP contribution in [0.5, 0.6) is 0 Å². The molecule has 1 N–H and O–H groups in total. The van der Waals surface area contributed by atoms with Crippen LogP contribution in [-0.4, -0.2) is 37.8 Å². The Morgan fingerprint density at radius 2 is 2.13 bits per heavy atom. The highest BCUT2D eigenvalue weighted by atomic mass is 32.2. The van der Waals surface area contributed by atoms with Gasteiger partial charge in [0.2, 0.25) is 0 Å².